The van der Waals surface area contributed by atoms with E-state index in [9.17, 15) is 9.18 Å². The summed E-state index contributed by atoms with van der Waals surface area (Å²) in [4.78, 5) is 17.0. The van der Waals surface area contributed by atoms with Gasteiger partial charge in [-0.15, -0.1) is 21.5 Å². The Bertz CT molecular complexity index is 1350. The minimum Gasteiger partial charge on any atom is -0.343 e. The van der Waals surface area contributed by atoms with Gasteiger partial charge in [-0.2, -0.15) is 0 Å². The predicted molar refractivity (Wildman–Crippen MR) is 148 cm³/mol. The first-order chi connectivity index (χ1) is 17.9. The number of thiophene rings is 1. The summed E-state index contributed by atoms with van der Waals surface area (Å²) in [6.45, 7) is 9.03. The first-order valence-corrected chi connectivity index (χ1v) is 14.6. The highest BCUT2D eigenvalue weighted by Gasteiger charge is 2.26. The van der Waals surface area contributed by atoms with Gasteiger partial charge in [-0.25, -0.2) is 4.39 Å². The summed E-state index contributed by atoms with van der Waals surface area (Å²) in [5, 5.41) is 11.8. The average molecular weight is 538 g/mol. The molecule has 1 aliphatic heterocycles. The molecule has 194 valence electrons. The zero-order valence-corrected chi connectivity index (χ0v) is 23.1. The van der Waals surface area contributed by atoms with Crippen LogP contribution in [0, 0.1) is 19.7 Å². The van der Waals surface area contributed by atoms with Crippen molar-refractivity contribution in [1.29, 1.82) is 0 Å². The highest BCUT2D eigenvalue weighted by Crippen LogP contribution is 2.30. The van der Waals surface area contributed by atoms with E-state index in [-0.39, 0.29) is 23.4 Å². The number of thioether (sulfide) groups is 1. The maximum absolute atomic E-state index is 13.7. The van der Waals surface area contributed by atoms with Crippen LogP contribution in [-0.2, 0) is 6.54 Å². The van der Waals surface area contributed by atoms with Gasteiger partial charge in [-0.3, -0.25) is 14.3 Å². The Balaban J connectivity index is 1.38. The van der Waals surface area contributed by atoms with Crippen LogP contribution in [0.3, 0.4) is 0 Å². The van der Waals surface area contributed by atoms with Gasteiger partial charge in [0.15, 0.2) is 16.8 Å². The van der Waals surface area contributed by atoms with Crippen LogP contribution in [0.2, 0.25) is 0 Å². The quantitative estimate of drug-likeness (QED) is 0.181. The molecule has 1 aliphatic rings. The van der Waals surface area contributed by atoms with E-state index >= 15 is 0 Å². The van der Waals surface area contributed by atoms with E-state index in [1.165, 1.54) is 48.0 Å². The minimum absolute atomic E-state index is 0.0646. The summed E-state index contributed by atoms with van der Waals surface area (Å²) < 4.78 is 17.9. The molecule has 0 radical (unpaired) electrons. The van der Waals surface area contributed by atoms with Crippen LogP contribution in [0.25, 0.3) is 5.69 Å². The lowest BCUT2D eigenvalue weighted by Gasteiger charge is -2.31. The monoisotopic (exact) mass is 537 g/mol. The van der Waals surface area contributed by atoms with Gasteiger partial charge in [0.2, 0.25) is 0 Å². The molecule has 6 nitrogen and oxygen atoms in total. The number of halogens is 1. The Hall–Kier alpha value is -2.75. The van der Waals surface area contributed by atoms with Crippen molar-refractivity contribution in [2.45, 2.75) is 57.8 Å². The molecular formula is C28H32FN5OS2. The predicted octanol–water partition coefficient (Wildman–Crippen LogP) is 6.46. The number of hydrogen-bond donors (Lipinski definition) is 0. The zero-order valence-electron chi connectivity index (χ0n) is 21.5. The number of likely N-dealkylation sites (tertiary alicyclic amines) is 1. The summed E-state index contributed by atoms with van der Waals surface area (Å²) in [7, 11) is 0. The molecule has 1 unspecified atom stereocenters. The molecule has 0 spiro atoms. The number of aryl methyl sites for hydroxylation is 1. The number of benzene rings is 1. The lowest BCUT2D eigenvalue weighted by atomic mass is 10.1. The third kappa shape index (κ3) is 5.58. The summed E-state index contributed by atoms with van der Waals surface area (Å²) in [6, 6.07) is 12.6. The number of ketones is 1. The van der Waals surface area contributed by atoms with E-state index in [4.69, 9.17) is 0 Å². The maximum atomic E-state index is 13.7. The van der Waals surface area contributed by atoms with Crippen LogP contribution in [0.15, 0.2) is 53.0 Å². The SMILES string of the molecule is Cc1cc(C(=O)CSc2nnc(C(C)N3CCCCC3)n2-c2ccc(F)cc2)c(C)n1Cc1cccs1. The van der Waals surface area contributed by atoms with Crippen molar-refractivity contribution in [2.24, 2.45) is 0 Å². The zero-order chi connectivity index (χ0) is 25.9. The molecule has 1 aromatic carbocycles. The Kier molecular flexibility index (Phi) is 7.92. The molecular weight excluding hydrogens is 505 g/mol. The van der Waals surface area contributed by atoms with Crippen molar-refractivity contribution in [3.05, 3.63) is 81.3 Å². The van der Waals surface area contributed by atoms with Crippen molar-refractivity contribution >= 4 is 28.9 Å². The number of carbonyl (C=O) groups is 1. The summed E-state index contributed by atoms with van der Waals surface area (Å²) in [6.07, 6.45) is 3.61. The molecule has 1 atom stereocenters. The highest BCUT2D eigenvalue weighted by atomic mass is 32.2. The van der Waals surface area contributed by atoms with E-state index in [2.05, 4.69) is 44.1 Å². The van der Waals surface area contributed by atoms with Crippen molar-refractivity contribution in [3.63, 3.8) is 0 Å². The molecule has 0 bridgehead atoms. The van der Waals surface area contributed by atoms with Crippen LogP contribution in [0.4, 0.5) is 4.39 Å². The lowest BCUT2D eigenvalue weighted by Crippen LogP contribution is -2.33. The van der Waals surface area contributed by atoms with Gasteiger partial charge < -0.3 is 4.57 Å². The summed E-state index contributed by atoms with van der Waals surface area (Å²) >= 11 is 3.10. The molecule has 0 amide bonds. The van der Waals surface area contributed by atoms with Crippen molar-refractivity contribution in [2.75, 3.05) is 18.8 Å². The fourth-order valence-electron chi connectivity index (χ4n) is 5.04. The first-order valence-electron chi connectivity index (χ1n) is 12.7. The smallest absolute Gasteiger partial charge is 0.196 e. The normalized spacial score (nSPS) is 15.2. The fraction of sp³-hybridized carbons (Fsp3) is 0.393. The molecule has 3 aromatic heterocycles. The van der Waals surface area contributed by atoms with Crippen molar-refractivity contribution < 1.29 is 9.18 Å². The Morgan fingerprint density at radius 1 is 1.11 bits per heavy atom. The Morgan fingerprint density at radius 3 is 2.57 bits per heavy atom. The minimum atomic E-state index is -0.287. The van der Waals surface area contributed by atoms with Crippen LogP contribution in [-0.4, -0.2) is 48.9 Å². The molecule has 1 fully saturated rings. The van der Waals surface area contributed by atoms with Crippen LogP contribution in [0.1, 0.15) is 64.7 Å². The number of piperidine rings is 1. The van der Waals surface area contributed by atoms with Crippen LogP contribution in [0.5, 0.6) is 0 Å². The number of carbonyl (C=O) groups excluding carboxylic acids is 1. The van der Waals surface area contributed by atoms with Crippen LogP contribution < -0.4 is 0 Å². The van der Waals surface area contributed by atoms with Gasteiger partial charge >= 0.3 is 0 Å². The average Bonchev–Trinajstić information content (AvgIpc) is 3.64. The van der Waals surface area contributed by atoms with Gasteiger partial charge in [-0.1, -0.05) is 24.2 Å². The molecule has 0 saturated carbocycles. The fourth-order valence-corrected chi connectivity index (χ4v) is 6.58. The highest BCUT2D eigenvalue weighted by molar-refractivity contribution is 7.99. The second kappa shape index (κ2) is 11.3. The Morgan fingerprint density at radius 2 is 1.86 bits per heavy atom. The third-order valence-corrected chi connectivity index (χ3v) is 8.95. The number of aromatic nitrogens is 4. The van der Waals surface area contributed by atoms with E-state index < -0.39 is 0 Å². The number of nitrogens with zero attached hydrogens (tertiary/aromatic N) is 5. The number of rotatable bonds is 9. The molecule has 0 aliphatic carbocycles. The summed E-state index contributed by atoms with van der Waals surface area (Å²) in [5.41, 5.74) is 3.60. The second-order valence-corrected chi connectivity index (χ2v) is 11.6. The second-order valence-electron chi connectivity index (χ2n) is 9.59. The molecule has 0 N–H and O–H groups in total. The topological polar surface area (TPSA) is 56.0 Å². The largest absolute Gasteiger partial charge is 0.343 e. The lowest BCUT2D eigenvalue weighted by molar-refractivity contribution is 0.102. The maximum Gasteiger partial charge on any atom is 0.196 e. The van der Waals surface area contributed by atoms with Gasteiger partial charge in [0.1, 0.15) is 5.82 Å². The molecule has 5 rings (SSSR count). The number of Topliss-reactive ketones (excluding diaryl/α,β-unsaturated/α-hetero) is 1. The van der Waals surface area contributed by atoms with Gasteiger partial charge in [0.05, 0.1) is 18.3 Å². The Labute approximate surface area is 225 Å². The van der Waals surface area contributed by atoms with E-state index in [1.54, 1.807) is 23.5 Å². The van der Waals surface area contributed by atoms with Gasteiger partial charge in [-0.05, 0) is 88.5 Å². The molecule has 4 heterocycles. The first kappa shape index (κ1) is 25.9. The van der Waals surface area contributed by atoms with Gasteiger partial charge in [0, 0.05) is 27.5 Å². The van der Waals surface area contributed by atoms with E-state index in [1.807, 2.05) is 24.5 Å². The van der Waals surface area contributed by atoms with E-state index in [0.717, 1.165) is 48.1 Å². The van der Waals surface area contributed by atoms with E-state index in [0.29, 0.717) is 5.16 Å². The van der Waals surface area contributed by atoms with Crippen molar-refractivity contribution in [3.8, 4) is 5.69 Å². The molecule has 37 heavy (non-hydrogen) atoms. The summed E-state index contributed by atoms with van der Waals surface area (Å²) in [5.74, 6) is 0.845. The van der Waals surface area contributed by atoms with Crippen molar-refractivity contribution in [1.82, 2.24) is 24.2 Å². The number of hydrogen-bond acceptors (Lipinski definition) is 6. The molecule has 1 saturated heterocycles. The molecule has 4 aromatic rings. The third-order valence-electron chi connectivity index (χ3n) is 7.16. The molecule has 9 heteroatoms. The van der Waals surface area contributed by atoms with Gasteiger partial charge in [0.25, 0.3) is 0 Å². The standard InChI is InChI=1S/C28H32FN5OS2/c1-19-16-25(20(2)33(19)17-24-8-7-15-36-24)26(35)18-37-28-31-30-27(21(3)32-13-5-4-6-14-32)34(28)23-11-9-22(29)10-12-23/h7-12,15-16,21H,4-6,13-14,17-18H2,1-3H3. The van der Waals surface area contributed by atoms with Crippen LogP contribution >= 0.6 is 23.1 Å².